The summed E-state index contributed by atoms with van der Waals surface area (Å²) >= 11 is 1.74. The SMILES string of the molecule is c1ccc2c(c1)-c1cccc3cccc(c13)N2c1nc(-c2cccc3cccnc23)c2sc3ccccc3c2n1. The highest BCUT2D eigenvalue weighted by molar-refractivity contribution is 7.26. The second kappa shape index (κ2) is 8.18. The fourth-order valence-electron chi connectivity index (χ4n) is 6.13. The van der Waals surface area contributed by atoms with E-state index in [-0.39, 0.29) is 0 Å². The summed E-state index contributed by atoms with van der Waals surface area (Å²) in [7, 11) is 0. The van der Waals surface area contributed by atoms with Crippen molar-refractivity contribution in [3.8, 4) is 22.4 Å². The van der Waals surface area contributed by atoms with E-state index in [0.29, 0.717) is 5.95 Å². The van der Waals surface area contributed by atoms with E-state index in [1.54, 1.807) is 11.3 Å². The molecule has 4 heterocycles. The quantitative estimate of drug-likeness (QED) is 0.224. The Morgan fingerprint density at radius 3 is 2.23 bits per heavy atom. The van der Waals surface area contributed by atoms with Gasteiger partial charge in [0.15, 0.2) is 0 Å². The average Bonchev–Trinajstić information content (AvgIpc) is 3.39. The number of aromatic nitrogens is 3. The Balaban J connectivity index is 1.43. The molecule has 8 aromatic rings. The number of para-hydroxylation sites is 2. The highest BCUT2D eigenvalue weighted by Crippen LogP contribution is 2.51. The largest absolute Gasteiger partial charge is 0.278 e. The summed E-state index contributed by atoms with van der Waals surface area (Å²) in [6, 6.07) is 40.5. The number of fused-ring (bicyclic) bond motifs is 6. The van der Waals surface area contributed by atoms with Crippen molar-refractivity contribution >= 4 is 70.6 Å². The normalized spacial score (nSPS) is 12.4. The lowest BCUT2D eigenvalue weighted by atomic mass is 9.91. The van der Waals surface area contributed by atoms with Crippen molar-refractivity contribution < 1.29 is 0 Å². The number of rotatable bonds is 2. The van der Waals surface area contributed by atoms with Gasteiger partial charge in [0.25, 0.3) is 0 Å². The molecule has 0 unspecified atom stereocenters. The second-order valence-corrected chi connectivity index (χ2v) is 11.1. The molecule has 5 heteroatoms. The van der Waals surface area contributed by atoms with E-state index in [0.717, 1.165) is 49.1 Å². The van der Waals surface area contributed by atoms with Gasteiger partial charge in [0, 0.05) is 38.2 Å². The molecule has 3 aromatic heterocycles. The van der Waals surface area contributed by atoms with E-state index in [2.05, 4.69) is 114 Å². The van der Waals surface area contributed by atoms with Crippen LogP contribution in [-0.2, 0) is 0 Å². The van der Waals surface area contributed by atoms with Crippen molar-refractivity contribution in [2.75, 3.05) is 4.90 Å². The Morgan fingerprint density at radius 2 is 1.27 bits per heavy atom. The van der Waals surface area contributed by atoms with Crippen LogP contribution in [0.5, 0.6) is 0 Å². The Morgan fingerprint density at radius 1 is 0.550 bits per heavy atom. The van der Waals surface area contributed by atoms with Crippen LogP contribution in [0.3, 0.4) is 0 Å². The van der Waals surface area contributed by atoms with E-state index in [9.17, 15) is 0 Å². The minimum Gasteiger partial charge on any atom is -0.278 e. The molecule has 0 saturated heterocycles. The van der Waals surface area contributed by atoms with E-state index in [4.69, 9.17) is 15.0 Å². The van der Waals surface area contributed by atoms with Crippen LogP contribution in [0.2, 0.25) is 0 Å². The van der Waals surface area contributed by atoms with Gasteiger partial charge in [-0.1, -0.05) is 91.0 Å². The molecule has 0 spiro atoms. The molecule has 186 valence electrons. The van der Waals surface area contributed by atoms with Crippen LogP contribution in [0.25, 0.3) is 64.4 Å². The van der Waals surface area contributed by atoms with E-state index in [1.165, 1.54) is 26.6 Å². The first kappa shape index (κ1) is 21.8. The van der Waals surface area contributed by atoms with Gasteiger partial charge < -0.3 is 0 Å². The van der Waals surface area contributed by atoms with Crippen molar-refractivity contribution in [3.63, 3.8) is 0 Å². The Hall–Kier alpha value is -5.13. The van der Waals surface area contributed by atoms with Crippen molar-refractivity contribution in [2.45, 2.75) is 0 Å². The molecule has 1 aliphatic heterocycles. The van der Waals surface area contributed by atoms with Gasteiger partial charge in [-0.15, -0.1) is 11.3 Å². The third kappa shape index (κ3) is 2.98. The molecule has 0 bridgehead atoms. The summed E-state index contributed by atoms with van der Waals surface area (Å²) in [5, 5.41) is 4.66. The zero-order chi connectivity index (χ0) is 26.2. The number of thiophene rings is 1. The van der Waals surface area contributed by atoms with Gasteiger partial charge in [-0.3, -0.25) is 9.88 Å². The van der Waals surface area contributed by atoms with Crippen LogP contribution in [-0.4, -0.2) is 15.0 Å². The molecular weight excluding hydrogens is 508 g/mol. The highest BCUT2D eigenvalue weighted by atomic mass is 32.1. The number of hydrogen-bond acceptors (Lipinski definition) is 5. The van der Waals surface area contributed by atoms with Crippen LogP contribution in [0.1, 0.15) is 0 Å². The molecule has 4 nitrogen and oxygen atoms in total. The Bertz CT molecular complexity index is 2290. The van der Waals surface area contributed by atoms with Gasteiger partial charge >= 0.3 is 0 Å². The third-order valence-corrected chi connectivity index (χ3v) is 9.02. The molecule has 0 fully saturated rings. The van der Waals surface area contributed by atoms with Gasteiger partial charge in [0.05, 0.1) is 32.8 Å². The lowest BCUT2D eigenvalue weighted by Crippen LogP contribution is -2.17. The molecule has 40 heavy (non-hydrogen) atoms. The zero-order valence-electron chi connectivity index (χ0n) is 21.2. The molecule has 0 N–H and O–H groups in total. The second-order valence-electron chi connectivity index (χ2n) is 10.1. The van der Waals surface area contributed by atoms with Gasteiger partial charge in [0.2, 0.25) is 5.95 Å². The molecule has 0 aliphatic carbocycles. The molecule has 0 atom stereocenters. The van der Waals surface area contributed by atoms with Crippen molar-refractivity contribution in [1.29, 1.82) is 0 Å². The maximum atomic E-state index is 5.38. The van der Waals surface area contributed by atoms with Gasteiger partial charge in [0.1, 0.15) is 0 Å². The lowest BCUT2D eigenvalue weighted by Gasteiger charge is -2.32. The summed E-state index contributed by atoms with van der Waals surface area (Å²) in [5.41, 5.74) is 8.43. The summed E-state index contributed by atoms with van der Waals surface area (Å²) in [6.45, 7) is 0. The minimum absolute atomic E-state index is 0.661. The Kier molecular flexibility index (Phi) is 4.45. The number of pyridine rings is 1. The molecule has 0 radical (unpaired) electrons. The summed E-state index contributed by atoms with van der Waals surface area (Å²) in [4.78, 5) is 17.7. The third-order valence-electron chi connectivity index (χ3n) is 7.85. The van der Waals surface area contributed by atoms with E-state index >= 15 is 0 Å². The zero-order valence-corrected chi connectivity index (χ0v) is 22.1. The number of anilines is 3. The fraction of sp³-hybridized carbons (Fsp3) is 0. The first-order valence-corrected chi connectivity index (χ1v) is 14.1. The maximum Gasteiger partial charge on any atom is 0.235 e. The van der Waals surface area contributed by atoms with Gasteiger partial charge in [-0.25, -0.2) is 9.97 Å². The summed E-state index contributed by atoms with van der Waals surface area (Å²) in [6.07, 6.45) is 1.86. The van der Waals surface area contributed by atoms with Crippen LogP contribution in [0, 0.1) is 0 Å². The molecular formula is C35H20N4S. The number of benzene rings is 5. The van der Waals surface area contributed by atoms with Crippen LogP contribution in [0.15, 0.2) is 121 Å². The van der Waals surface area contributed by atoms with E-state index in [1.807, 2.05) is 12.3 Å². The monoisotopic (exact) mass is 528 g/mol. The fourth-order valence-corrected chi connectivity index (χ4v) is 7.28. The Labute approximate surface area is 233 Å². The molecule has 0 amide bonds. The highest BCUT2D eigenvalue weighted by Gasteiger charge is 2.29. The van der Waals surface area contributed by atoms with Gasteiger partial charge in [-0.2, -0.15) is 0 Å². The van der Waals surface area contributed by atoms with Crippen LogP contribution >= 0.6 is 11.3 Å². The minimum atomic E-state index is 0.661. The summed E-state index contributed by atoms with van der Waals surface area (Å²) < 4.78 is 2.27. The standard InChI is InChI=1S/C35H20N4S/c1-3-17-27-23(13-1)24-15-5-9-21-10-7-18-28(30(21)24)39(27)35-37-32-25-14-2-4-19-29(25)40-34(32)33(38-35)26-16-6-11-22-12-8-20-36-31(22)26/h1-20H. The van der Waals surface area contributed by atoms with Crippen molar-refractivity contribution in [2.24, 2.45) is 0 Å². The first-order chi connectivity index (χ1) is 19.8. The first-order valence-electron chi connectivity index (χ1n) is 13.3. The molecule has 0 saturated carbocycles. The smallest absolute Gasteiger partial charge is 0.235 e. The van der Waals surface area contributed by atoms with Crippen LogP contribution < -0.4 is 4.90 Å². The average molecular weight is 529 g/mol. The maximum absolute atomic E-state index is 5.38. The number of hydrogen-bond donors (Lipinski definition) is 0. The molecule has 5 aromatic carbocycles. The van der Waals surface area contributed by atoms with E-state index < -0.39 is 0 Å². The lowest BCUT2D eigenvalue weighted by molar-refractivity contribution is 1.12. The topological polar surface area (TPSA) is 41.9 Å². The van der Waals surface area contributed by atoms with Crippen molar-refractivity contribution in [3.05, 3.63) is 121 Å². The molecule has 1 aliphatic rings. The van der Waals surface area contributed by atoms with Gasteiger partial charge in [-0.05, 0) is 35.2 Å². The summed E-state index contributed by atoms with van der Waals surface area (Å²) in [5.74, 6) is 0.661. The predicted molar refractivity (Wildman–Crippen MR) is 167 cm³/mol. The van der Waals surface area contributed by atoms with Crippen LogP contribution in [0.4, 0.5) is 17.3 Å². The predicted octanol–water partition coefficient (Wildman–Crippen LogP) is 9.66. The number of nitrogens with zero attached hydrogens (tertiary/aromatic N) is 4. The molecule has 9 rings (SSSR count). The van der Waals surface area contributed by atoms with Crippen molar-refractivity contribution in [1.82, 2.24) is 15.0 Å².